The number of carbonyl (C=O) groups excluding carboxylic acids is 4. The van der Waals surface area contributed by atoms with Gasteiger partial charge in [-0.15, -0.1) is 0 Å². The highest BCUT2D eigenvalue weighted by molar-refractivity contribution is 9.10. The van der Waals surface area contributed by atoms with Crippen LogP contribution in [0.25, 0.3) is 0 Å². The topological polar surface area (TPSA) is 120 Å². The zero-order valence-electron chi connectivity index (χ0n) is 29.2. The number of anilines is 1. The van der Waals surface area contributed by atoms with Crippen molar-refractivity contribution in [1.29, 1.82) is 0 Å². The lowest BCUT2D eigenvalue weighted by Crippen LogP contribution is -2.67. The first-order valence-electron chi connectivity index (χ1n) is 16.1. The first-order valence-corrected chi connectivity index (χ1v) is 17.7. The van der Waals surface area contributed by atoms with Crippen molar-refractivity contribution in [3.05, 3.63) is 118 Å². The van der Waals surface area contributed by atoms with Gasteiger partial charge in [0.05, 0.1) is 26.5 Å². The number of carbonyl (C=O) groups is 4. The Kier molecular flexibility index (Phi) is 11.2. The molecule has 0 saturated carbocycles. The number of halogens is 1. The van der Waals surface area contributed by atoms with Gasteiger partial charge in [-0.25, -0.2) is 4.79 Å². The molecule has 10 nitrogen and oxygen atoms in total. The van der Waals surface area contributed by atoms with Gasteiger partial charge < -0.3 is 29.2 Å². The largest absolute Gasteiger partial charge is 0.497 e. The smallest absolute Gasteiger partial charge is 0.408 e. The number of hydrogen-bond donors (Lipinski definition) is 1. The first-order chi connectivity index (χ1) is 24.2. The molecule has 1 heterocycles. The van der Waals surface area contributed by atoms with Crippen molar-refractivity contribution in [3.8, 4) is 11.5 Å². The van der Waals surface area contributed by atoms with E-state index >= 15 is 4.79 Å². The van der Waals surface area contributed by atoms with Crippen LogP contribution in [-0.4, -0.2) is 42.9 Å². The van der Waals surface area contributed by atoms with Gasteiger partial charge in [-0.1, -0.05) is 76.2 Å². The summed E-state index contributed by atoms with van der Waals surface area (Å²) < 4.78 is 22.8. The third kappa shape index (κ3) is 7.77. The number of benzene rings is 4. The van der Waals surface area contributed by atoms with Gasteiger partial charge in [0.15, 0.2) is 11.0 Å². The van der Waals surface area contributed by atoms with Crippen molar-refractivity contribution in [2.75, 3.05) is 19.1 Å². The normalized spacial score (nSPS) is 16.5. The van der Waals surface area contributed by atoms with Crippen LogP contribution in [0.4, 0.5) is 10.5 Å². The van der Waals surface area contributed by atoms with Gasteiger partial charge in [0, 0.05) is 14.9 Å². The Bertz CT molecular complexity index is 1910. The number of alkyl carbamates (subject to hydrolysis) is 1. The second-order valence-electron chi connectivity index (χ2n) is 13.0. The molecule has 0 aromatic heterocycles. The predicted molar refractivity (Wildman–Crippen MR) is 198 cm³/mol. The van der Waals surface area contributed by atoms with E-state index in [1.54, 1.807) is 94.6 Å². The molecule has 266 valence electrons. The quantitative estimate of drug-likeness (QED) is 0.0925. The second-order valence-corrected chi connectivity index (χ2v) is 15.0. The second kappa shape index (κ2) is 15.2. The van der Waals surface area contributed by atoms with Crippen LogP contribution in [-0.2, 0) is 42.5 Å². The van der Waals surface area contributed by atoms with E-state index in [0.717, 1.165) is 17.3 Å². The SMILES string of the molecule is COc1ccc(COC(=O)C(C)(C(=O)Sc2ccc(OC)cc2)C2(NC(=O)OC(C)(C)C)C(=O)N(Cc3ccccc3)c3cc(Br)ccc32)cc1. The van der Waals surface area contributed by atoms with Gasteiger partial charge in [-0.05, 0) is 87.4 Å². The van der Waals surface area contributed by atoms with Crippen LogP contribution in [0.5, 0.6) is 11.5 Å². The van der Waals surface area contributed by atoms with Crippen LogP contribution in [0.2, 0.25) is 0 Å². The van der Waals surface area contributed by atoms with Crippen LogP contribution in [0.15, 0.2) is 106 Å². The predicted octanol–water partition coefficient (Wildman–Crippen LogP) is 7.80. The molecule has 4 aromatic rings. The summed E-state index contributed by atoms with van der Waals surface area (Å²) in [5, 5.41) is 2.03. The number of esters is 1. The summed E-state index contributed by atoms with van der Waals surface area (Å²) in [5.74, 6) is -0.556. The fourth-order valence-corrected chi connectivity index (χ4v) is 7.11. The van der Waals surface area contributed by atoms with E-state index in [4.69, 9.17) is 18.9 Å². The van der Waals surface area contributed by atoms with Crippen molar-refractivity contribution in [2.45, 2.75) is 56.9 Å². The maximum Gasteiger partial charge on any atom is 0.408 e. The van der Waals surface area contributed by atoms with E-state index < -0.39 is 39.6 Å². The summed E-state index contributed by atoms with van der Waals surface area (Å²) in [6.07, 6.45) is -0.997. The number of nitrogens with zero attached hydrogens (tertiary/aromatic N) is 1. The number of amides is 2. The Balaban J connectivity index is 1.70. The van der Waals surface area contributed by atoms with E-state index in [0.29, 0.717) is 32.1 Å². The number of hydrogen-bond acceptors (Lipinski definition) is 9. The van der Waals surface area contributed by atoms with E-state index in [2.05, 4.69) is 21.2 Å². The molecule has 12 heteroatoms. The van der Waals surface area contributed by atoms with Crippen molar-refractivity contribution in [1.82, 2.24) is 5.32 Å². The van der Waals surface area contributed by atoms with Gasteiger partial charge in [0.1, 0.15) is 23.7 Å². The van der Waals surface area contributed by atoms with Gasteiger partial charge in [-0.3, -0.25) is 14.4 Å². The van der Waals surface area contributed by atoms with E-state index in [9.17, 15) is 14.4 Å². The number of methoxy groups -OCH3 is 2. The fourth-order valence-electron chi connectivity index (χ4n) is 5.84. The molecule has 51 heavy (non-hydrogen) atoms. The summed E-state index contributed by atoms with van der Waals surface area (Å²) in [6.45, 7) is 6.23. The lowest BCUT2D eigenvalue weighted by atomic mass is 9.67. The Morgan fingerprint density at radius 3 is 2.02 bits per heavy atom. The van der Waals surface area contributed by atoms with Gasteiger partial charge >= 0.3 is 12.1 Å². The summed E-state index contributed by atoms with van der Waals surface area (Å²) in [5.41, 5.74) is -3.63. The monoisotopic (exact) mass is 774 g/mol. The first kappa shape index (κ1) is 37.4. The van der Waals surface area contributed by atoms with E-state index in [1.807, 2.05) is 30.3 Å². The molecule has 1 aliphatic rings. The maximum atomic E-state index is 15.3. The third-order valence-corrected chi connectivity index (χ3v) is 10.1. The van der Waals surface area contributed by atoms with Crippen molar-refractivity contribution >= 4 is 56.5 Å². The highest BCUT2D eigenvalue weighted by atomic mass is 79.9. The minimum Gasteiger partial charge on any atom is -0.497 e. The molecule has 0 radical (unpaired) electrons. The summed E-state index contributed by atoms with van der Waals surface area (Å²) in [4.78, 5) is 60.8. The van der Waals surface area contributed by atoms with Gasteiger partial charge in [0.25, 0.3) is 5.91 Å². The molecule has 0 spiro atoms. The summed E-state index contributed by atoms with van der Waals surface area (Å²) >= 11 is 4.27. The van der Waals surface area contributed by atoms with E-state index in [1.165, 1.54) is 18.9 Å². The van der Waals surface area contributed by atoms with Crippen LogP contribution in [0.3, 0.4) is 0 Å². The summed E-state index contributed by atoms with van der Waals surface area (Å²) in [6, 6.07) is 27.9. The number of rotatable bonds is 11. The number of thioether (sulfide) groups is 1. The van der Waals surface area contributed by atoms with E-state index in [-0.39, 0.29) is 18.7 Å². The highest BCUT2D eigenvalue weighted by Gasteiger charge is 2.70. The van der Waals surface area contributed by atoms with Crippen molar-refractivity contribution in [3.63, 3.8) is 0 Å². The molecule has 0 bridgehead atoms. The zero-order chi connectivity index (χ0) is 37.0. The Morgan fingerprint density at radius 2 is 1.43 bits per heavy atom. The van der Waals surface area contributed by atoms with Crippen molar-refractivity contribution < 1.29 is 38.1 Å². The molecule has 0 aliphatic carbocycles. The van der Waals surface area contributed by atoms with Crippen LogP contribution in [0.1, 0.15) is 44.4 Å². The molecular formula is C39H39BrN2O8S. The van der Waals surface area contributed by atoms with Crippen LogP contribution in [0, 0.1) is 5.41 Å². The molecule has 0 saturated heterocycles. The van der Waals surface area contributed by atoms with Crippen LogP contribution >= 0.6 is 27.7 Å². The van der Waals surface area contributed by atoms with Crippen LogP contribution < -0.4 is 19.7 Å². The average molecular weight is 776 g/mol. The average Bonchev–Trinajstić information content (AvgIpc) is 3.33. The van der Waals surface area contributed by atoms with Gasteiger partial charge in [-0.2, -0.15) is 0 Å². The Labute approximate surface area is 309 Å². The Hall–Kier alpha value is -4.81. The number of nitrogens with one attached hydrogen (secondary N) is 1. The molecule has 2 amide bonds. The molecule has 2 atom stereocenters. The fraction of sp³-hybridized carbons (Fsp3) is 0.282. The Morgan fingerprint density at radius 1 is 0.824 bits per heavy atom. The minimum absolute atomic E-state index is 0.0810. The molecule has 1 aliphatic heterocycles. The van der Waals surface area contributed by atoms with Gasteiger partial charge in [0.2, 0.25) is 5.12 Å². The maximum absolute atomic E-state index is 15.3. The number of ether oxygens (including phenoxy) is 4. The molecule has 2 unspecified atom stereocenters. The molecule has 0 fully saturated rings. The zero-order valence-corrected chi connectivity index (χ0v) is 31.6. The molecular weight excluding hydrogens is 736 g/mol. The lowest BCUT2D eigenvalue weighted by Gasteiger charge is -2.42. The summed E-state index contributed by atoms with van der Waals surface area (Å²) in [7, 11) is 3.07. The molecule has 5 rings (SSSR count). The lowest BCUT2D eigenvalue weighted by molar-refractivity contribution is -0.167. The molecule has 1 N–H and O–H groups in total. The molecule has 4 aromatic carbocycles. The standard InChI is InChI=1S/C39H39BrN2O8S/c1-37(2,3)50-36(46)41-39(31-21-14-27(40)22-32(31)42(33(39)43)23-25-10-8-7-9-11-25)38(4,35(45)51-30-19-17-29(48-6)18-20-30)34(44)49-24-26-12-15-28(47-5)16-13-26/h7-22H,23-24H2,1-6H3,(H,41,46). The highest BCUT2D eigenvalue weighted by Crippen LogP contribution is 2.54. The van der Waals surface area contributed by atoms with Crippen molar-refractivity contribution in [2.24, 2.45) is 5.41 Å². The minimum atomic E-state index is -2.36. The third-order valence-electron chi connectivity index (χ3n) is 8.46. The number of fused-ring (bicyclic) bond motifs is 1.